The van der Waals surface area contributed by atoms with Crippen molar-refractivity contribution in [3.63, 3.8) is 0 Å². The van der Waals surface area contributed by atoms with Crippen molar-refractivity contribution in [3.8, 4) is 0 Å². The number of hydrogen-bond donors (Lipinski definition) is 7. The van der Waals surface area contributed by atoms with Crippen LogP contribution in [0.15, 0.2) is 0 Å². The second-order valence-corrected chi connectivity index (χ2v) is 18.5. The molecule has 0 radical (unpaired) electrons. The highest BCUT2D eigenvalue weighted by Crippen LogP contribution is 2.24. The molecule has 1 saturated heterocycles. The molecule has 362 valence electrons. The van der Waals surface area contributed by atoms with E-state index in [1.54, 1.807) is 0 Å². The minimum absolute atomic E-state index is 0.242. The number of hydrogen-bond acceptors (Lipinski definition) is 9. The second-order valence-electron chi connectivity index (χ2n) is 18.5. The summed E-state index contributed by atoms with van der Waals surface area (Å²) in [4.78, 5) is 24.6. The molecule has 1 aliphatic heterocycles. The van der Waals surface area contributed by atoms with Crippen molar-refractivity contribution < 1.29 is 49.7 Å². The topological polar surface area (TPSA) is 186 Å². The number of carbonyl (C=O) groups excluding carboxylic acids is 1. The number of nitrogens with one attached hydrogen (secondary N) is 1. The van der Waals surface area contributed by atoms with Gasteiger partial charge in [-0.15, -0.1) is 0 Å². The number of unbranched alkanes of at least 4 members (excludes halogenated alkanes) is 33. The summed E-state index contributed by atoms with van der Waals surface area (Å²) in [6, 6.07) is -1.08. The predicted molar refractivity (Wildman–Crippen MR) is 246 cm³/mol. The molecular formula is C50H97NO10. The van der Waals surface area contributed by atoms with Crippen LogP contribution in [0.4, 0.5) is 0 Å². The summed E-state index contributed by atoms with van der Waals surface area (Å²) in [6.45, 7) is 4.09. The highest BCUT2D eigenvalue weighted by molar-refractivity contribution is 5.76. The first kappa shape index (κ1) is 57.7. The van der Waals surface area contributed by atoms with Gasteiger partial charge in [0.1, 0.15) is 24.4 Å². The van der Waals surface area contributed by atoms with E-state index >= 15 is 0 Å². The summed E-state index contributed by atoms with van der Waals surface area (Å²) in [6.07, 6.45) is 33.0. The molecular weight excluding hydrogens is 775 g/mol. The fraction of sp³-hybridized carbons (Fsp3) is 0.960. The average molecular weight is 872 g/mol. The zero-order valence-electron chi connectivity index (χ0n) is 39.3. The lowest BCUT2D eigenvalue weighted by atomic mass is 9.98. The quantitative estimate of drug-likeness (QED) is 0.0291. The lowest BCUT2D eigenvalue weighted by Gasteiger charge is -2.39. The summed E-state index contributed by atoms with van der Waals surface area (Å²) in [7, 11) is 0. The van der Waals surface area contributed by atoms with Crippen molar-refractivity contribution in [2.45, 2.75) is 300 Å². The van der Waals surface area contributed by atoms with E-state index in [9.17, 15) is 40.2 Å². The van der Waals surface area contributed by atoms with Crippen LogP contribution in [0.5, 0.6) is 0 Å². The van der Waals surface area contributed by atoms with Gasteiger partial charge in [0, 0.05) is 6.42 Å². The van der Waals surface area contributed by atoms with Crippen molar-refractivity contribution in [2.75, 3.05) is 6.61 Å². The van der Waals surface area contributed by atoms with Crippen LogP contribution in [0.3, 0.4) is 0 Å². The molecule has 0 aromatic carbocycles. The number of rotatable bonds is 44. The number of aliphatic hydroxyl groups is 5. The Hall–Kier alpha value is -1.34. The van der Waals surface area contributed by atoms with Gasteiger partial charge in [0.25, 0.3) is 0 Å². The summed E-state index contributed by atoms with van der Waals surface area (Å²) in [5, 5.41) is 64.9. The van der Waals surface area contributed by atoms with Gasteiger partial charge < -0.3 is 45.4 Å². The van der Waals surface area contributed by atoms with Gasteiger partial charge in [-0.1, -0.05) is 232 Å². The average Bonchev–Trinajstić information content (AvgIpc) is 3.25. The van der Waals surface area contributed by atoms with E-state index in [0.717, 1.165) is 38.5 Å². The molecule has 8 atom stereocenters. The molecule has 0 aromatic heterocycles. The van der Waals surface area contributed by atoms with E-state index in [1.807, 2.05) is 0 Å². The molecule has 1 fully saturated rings. The first-order valence-electron chi connectivity index (χ1n) is 25.8. The van der Waals surface area contributed by atoms with Crippen molar-refractivity contribution in [2.24, 2.45) is 0 Å². The van der Waals surface area contributed by atoms with Gasteiger partial charge in [-0.2, -0.15) is 0 Å². The van der Waals surface area contributed by atoms with E-state index in [4.69, 9.17) is 9.47 Å². The van der Waals surface area contributed by atoms with Crippen LogP contribution in [0.25, 0.3) is 0 Å². The largest absolute Gasteiger partial charge is 0.479 e. The van der Waals surface area contributed by atoms with Gasteiger partial charge in [0.05, 0.1) is 18.8 Å². The molecule has 61 heavy (non-hydrogen) atoms. The van der Waals surface area contributed by atoms with Crippen LogP contribution in [-0.2, 0) is 19.1 Å². The monoisotopic (exact) mass is 872 g/mol. The summed E-state index contributed by atoms with van der Waals surface area (Å²) >= 11 is 0. The van der Waals surface area contributed by atoms with Crippen LogP contribution in [-0.4, -0.2) is 98.1 Å². The molecule has 0 unspecified atom stereocenters. The second kappa shape index (κ2) is 40.2. The maximum Gasteiger partial charge on any atom is 0.335 e. The standard InChI is InChI=1S/C50H97NO10/c1-3-5-7-9-11-13-15-17-18-19-20-21-22-23-24-25-26-27-29-31-33-35-37-39-43(53)51-41(40-60-50-47(57)45(55)46(56)48(61-50)49(58)59)44(54)42(52)38-36-34-32-30-28-16-14-12-10-8-6-4-2/h41-42,44-48,50,52,54-57H,3-40H2,1-2H3,(H,51,53)(H,58,59)/t41-,42+,44-,45-,46-,47+,48-,50-/m0/s1. The maximum absolute atomic E-state index is 13.0. The molecule has 1 aliphatic rings. The maximum atomic E-state index is 13.0. The first-order chi connectivity index (χ1) is 29.6. The van der Waals surface area contributed by atoms with Gasteiger partial charge in [-0.3, -0.25) is 4.79 Å². The Morgan fingerprint density at radius 1 is 0.508 bits per heavy atom. The molecule has 1 amide bonds. The Kier molecular flexibility index (Phi) is 38.0. The Balaban J connectivity index is 2.30. The molecule has 0 aromatic rings. The van der Waals surface area contributed by atoms with Crippen molar-refractivity contribution >= 4 is 11.9 Å². The normalized spacial score (nSPS) is 20.7. The summed E-state index contributed by atoms with van der Waals surface area (Å²) in [5.74, 6) is -1.84. The third-order valence-corrected chi connectivity index (χ3v) is 12.8. The third kappa shape index (κ3) is 30.4. The number of aliphatic carboxylic acids is 1. The zero-order valence-corrected chi connectivity index (χ0v) is 39.3. The van der Waals surface area contributed by atoms with Gasteiger partial charge in [-0.25, -0.2) is 4.79 Å². The number of carboxylic acid groups (broad SMARTS) is 1. The van der Waals surface area contributed by atoms with E-state index in [1.165, 1.54) is 173 Å². The van der Waals surface area contributed by atoms with Gasteiger partial charge >= 0.3 is 5.97 Å². The number of carbonyl (C=O) groups is 2. The number of aliphatic hydroxyl groups excluding tert-OH is 5. The van der Waals surface area contributed by atoms with Gasteiger partial charge in [-0.05, 0) is 12.8 Å². The number of ether oxygens (including phenoxy) is 2. The Bertz CT molecular complexity index is 1000. The highest BCUT2D eigenvalue weighted by atomic mass is 16.7. The van der Waals surface area contributed by atoms with E-state index in [0.29, 0.717) is 19.3 Å². The minimum atomic E-state index is -1.87. The SMILES string of the molecule is CCCCCCCCCCCCCCCCCCCCCCCCCC(=O)N[C@@H](CO[C@H]1O[C@H](C(=O)O)[C@@H](O)[C@H](O)[C@H]1O)[C@H](O)[C@H](O)CCCCCCCCCCCCCC. The van der Waals surface area contributed by atoms with Crippen LogP contribution in [0, 0.1) is 0 Å². The number of amides is 1. The Morgan fingerprint density at radius 2 is 0.852 bits per heavy atom. The molecule has 11 heteroatoms. The summed E-state index contributed by atoms with van der Waals surface area (Å²) in [5.41, 5.74) is 0. The molecule has 0 bridgehead atoms. The van der Waals surface area contributed by atoms with Gasteiger partial charge in [0.15, 0.2) is 12.4 Å². The Labute approximate surface area is 372 Å². The first-order valence-corrected chi connectivity index (χ1v) is 25.8. The smallest absolute Gasteiger partial charge is 0.335 e. The zero-order chi connectivity index (χ0) is 44.8. The highest BCUT2D eigenvalue weighted by Gasteiger charge is 2.48. The van der Waals surface area contributed by atoms with Crippen LogP contribution < -0.4 is 5.32 Å². The van der Waals surface area contributed by atoms with Crippen molar-refractivity contribution in [1.82, 2.24) is 5.32 Å². The Morgan fingerprint density at radius 3 is 1.21 bits per heavy atom. The summed E-state index contributed by atoms with van der Waals surface area (Å²) < 4.78 is 10.8. The number of carboxylic acids is 1. The molecule has 11 nitrogen and oxygen atoms in total. The van der Waals surface area contributed by atoms with Crippen molar-refractivity contribution in [1.29, 1.82) is 0 Å². The fourth-order valence-electron chi connectivity index (χ4n) is 8.60. The molecule has 1 heterocycles. The fourth-order valence-corrected chi connectivity index (χ4v) is 8.60. The van der Waals surface area contributed by atoms with Crippen LogP contribution >= 0.6 is 0 Å². The minimum Gasteiger partial charge on any atom is -0.479 e. The van der Waals surface area contributed by atoms with E-state index < -0.39 is 61.5 Å². The lowest BCUT2D eigenvalue weighted by Crippen LogP contribution is -2.61. The van der Waals surface area contributed by atoms with Crippen molar-refractivity contribution in [3.05, 3.63) is 0 Å². The molecule has 0 saturated carbocycles. The van der Waals surface area contributed by atoms with Crippen LogP contribution in [0.2, 0.25) is 0 Å². The molecule has 1 rings (SSSR count). The van der Waals surface area contributed by atoms with Gasteiger partial charge in [0.2, 0.25) is 5.91 Å². The van der Waals surface area contributed by atoms with Crippen LogP contribution in [0.1, 0.15) is 251 Å². The molecule has 7 N–H and O–H groups in total. The van der Waals surface area contributed by atoms with E-state index in [-0.39, 0.29) is 12.3 Å². The molecule has 0 aliphatic carbocycles. The predicted octanol–water partition coefficient (Wildman–Crippen LogP) is 10.6. The van der Waals surface area contributed by atoms with E-state index in [2.05, 4.69) is 19.2 Å². The molecule has 0 spiro atoms. The lowest BCUT2D eigenvalue weighted by molar-refractivity contribution is -0.296. The third-order valence-electron chi connectivity index (χ3n) is 12.8.